The number of carboxylic acid groups (broad SMARTS) is 1. The summed E-state index contributed by atoms with van der Waals surface area (Å²) in [6, 6.07) is 1.93. The highest BCUT2D eigenvalue weighted by molar-refractivity contribution is 5.93. The fourth-order valence-corrected chi connectivity index (χ4v) is 1.42. The number of methoxy groups -OCH3 is 1. The van der Waals surface area contributed by atoms with E-state index in [1.54, 1.807) is 6.92 Å². The standard InChI is InChI=1S/C12H15FN2O4/c1-3-8(11(16)17)14-12(18)15-9-5-4-7(13)6-10(9)19-2/h4-6,8H,3H2,1-2H3,(H,16,17)(H2,14,15,18)/t8-/m1/s1. The third kappa shape index (κ3) is 4.13. The number of hydrogen-bond donors (Lipinski definition) is 3. The molecule has 2 amide bonds. The van der Waals surface area contributed by atoms with Crippen LogP contribution in [0.2, 0.25) is 0 Å². The number of nitrogens with one attached hydrogen (secondary N) is 2. The van der Waals surface area contributed by atoms with Crippen LogP contribution in [0.5, 0.6) is 5.75 Å². The lowest BCUT2D eigenvalue weighted by molar-refractivity contribution is -0.139. The zero-order valence-corrected chi connectivity index (χ0v) is 10.6. The Kier molecular flexibility index (Phi) is 5.11. The van der Waals surface area contributed by atoms with Crippen molar-refractivity contribution in [1.29, 1.82) is 0 Å². The van der Waals surface area contributed by atoms with Crippen LogP contribution in [0.1, 0.15) is 13.3 Å². The predicted octanol–water partition coefficient (Wildman–Crippen LogP) is 1.82. The molecule has 0 aliphatic heterocycles. The number of halogens is 1. The van der Waals surface area contributed by atoms with Crippen molar-refractivity contribution in [3.8, 4) is 5.75 Å². The van der Waals surface area contributed by atoms with Gasteiger partial charge in [0.25, 0.3) is 0 Å². The first kappa shape index (κ1) is 14.7. The highest BCUT2D eigenvalue weighted by Crippen LogP contribution is 2.24. The highest BCUT2D eigenvalue weighted by atomic mass is 19.1. The van der Waals surface area contributed by atoms with Crippen LogP contribution in [0.4, 0.5) is 14.9 Å². The first-order chi connectivity index (χ1) is 8.97. The van der Waals surface area contributed by atoms with Crippen molar-refractivity contribution < 1.29 is 23.8 Å². The van der Waals surface area contributed by atoms with Crippen LogP contribution in [0.25, 0.3) is 0 Å². The lowest BCUT2D eigenvalue weighted by Crippen LogP contribution is -2.42. The number of benzene rings is 1. The lowest BCUT2D eigenvalue weighted by Gasteiger charge is -2.14. The Bertz CT molecular complexity index is 479. The molecule has 19 heavy (non-hydrogen) atoms. The summed E-state index contributed by atoms with van der Waals surface area (Å²) < 4.78 is 17.9. The molecule has 104 valence electrons. The SMILES string of the molecule is CC[C@@H](NC(=O)Nc1ccc(F)cc1OC)C(=O)O. The van der Waals surface area contributed by atoms with E-state index in [9.17, 15) is 14.0 Å². The second-order valence-electron chi connectivity index (χ2n) is 3.74. The number of amides is 2. The van der Waals surface area contributed by atoms with Crippen molar-refractivity contribution in [3.63, 3.8) is 0 Å². The molecule has 3 N–H and O–H groups in total. The predicted molar refractivity (Wildman–Crippen MR) is 66.8 cm³/mol. The summed E-state index contributed by atoms with van der Waals surface area (Å²) in [6.45, 7) is 1.64. The number of hydrogen-bond acceptors (Lipinski definition) is 3. The molecule has 0 aliphatic carbocycles. The normalized spacial score (nSPS) is 11.5. The largest absolute Gasteiger partial charge is 0.494 e. The number of carboxylic acids is 1. The molecule has 1 rings (SSSR count). The van der Waals surface area contributed by atoms with Gasteiger partial charge < -0.3 is 20.5 Å². The molecule has 0 spiro atoms. The highest BCUT2D eigenvalue weighted by Gasteiger charge is 2.18. The van der Waals surface area contributed by atoms with Crippen LogP contribution in [-0.4, -0.2) is 30.3 Å². The fourth-order valence-electron chi connectivity index (χ4n) is 1.42. The minimum absolute atomic E-state index is 0.151. The topological polar surface area (TPSA) is 87.7 Å². The van der Waals surface area contributed by atoms with E-state index in [0.29, 0.717) is 0 Å². The monoisotopic (exact) mass is 270 g/mol. The van der Waals surface area contributed by atoms with E-state index in [2.05, 4.69) is 10.6 Å². The van der Waals surface area contributed by atoms with Crippen LogP contribution in [0, 0.1) is 5.82 Å². The summed E-state index contributed by atoms with van der Waals surface area (Å²) in [7, 11) is 1.34. The van der Waals surface area contributed by atoms with Gasteiger partial charge in [0.15, 0.2) is 0 Å². The molecule has 0 aliphatic rings. The summed E-state index contributed by atoms with van der Waals surface area (Å²) in [5.74, 6) is -1.47. The molecule has 0 heterocycles. The van der Waals surface area contributed by atoms with E-state index in [0.717, 1.165) is 12.1 Å². The van der Waals surface area contributed by atoms with Gasteiger partial charge in [-0.25, -0.2) is 14.0 Å². The lowest BCUT2D eigenvalue weighted by atomic mass is 10.2. The quantitative estimate of drug-likeness (QED) is 0.761. The Morgan fingerprint density at radius 1 is 1.47 bits per heavy atom. The summed E-state index contributed by atoms with van der Waals surface area (Å²) in [4.78, 5) is 22.4. The Balaban J connectivity index is 2.74. The van der Waals surface area contributed by atoms with Crippen molar-refractivity contribution in [1.82, 2.24) is 5.32 Å². The smallest absolute Gasteiger partial charge is 0.326 e. The molecule has 1 aromatic rings. The average Bonchev–Trinajstić information content (AvgIpc) is 2.37. The van der Waals surface area contributed by atoms with Crippen LogP contribution in [-0.2, 0) is 4.79 Å². The maximum absolute atomic E-state index is 13.0. The van der Waals surface area contributed by atoms with Gasteiger partial charge in [0.2, 0.25) is 0 Å². The van der Waals surface area contributed by atoms with E-state index in [1.807, 2.05) is 0 Å². The van der Waals surface area contributed by atoms with Gasteiger partial charge in [0, 0.05) is 6.07 Å². The maximum Gasteiger partial charge on any atom is 0.326 e. The first-order valence-corrected chi connectivity index (χ1v) is 5.61. The van der Waals surface area contributed by atoms with E-state index in [-0.39, 0.29) is 17.9 Å². The van der Waals surface area contributed by atoms with E-state index in [4.69, 9.17) is 9.84 Å². The Morgan fingerprint density at radius 2 is 2.16 bits per heavy atom. The Labute approximate surface area is 109 Å². The van der Waals surface area contributed by atoms with E-state index < -0.39 is 23.9 Å². The van der Waals surface area contributed by atoms with E-state index in [1.165, 1.54) is 13.2 Å². The van der Waals surface area contributed by atoms with Crippen molar-refractivity contribution >= 4 is 17.7 Å². The number of ether oxygens (including phenoxy) is 1. The van der Waals surface area contributed by atoms with Crippen LogP contribution >= 0.6 is 0 Å². The summed E-state index contributed by atoms with van der Waals surface area (Å²) in [5, 5.41) is 13.5. The molecule has 0 unspecified atom stereocenters. The number of carbonyl (C=O) groups excluding carboxylic acids is 1. The number of rotatable bonds is 5. The summed E-state index contributed by atoms with van der Waals surface area (Å²) in [6.07, 6.45) is 0.253. The number of urea groups is 1. The summed E-state index contributed by atoms with van der Waals surface area (Å²) in [5.41, 5.74) is 0.252. The van der Waals surface area contributed by atoms with Gasteiger partial charge in [-0.2, -0.15) is 0 Å². The van der Waals surface area contributed by atoms with Crippen LogP contribution in [0.3, 0.4) is 0 Å². The molecule has 0 fully saturated rings. The second kappa shape index (κ2) is 6.58. The van der Waals surface area contributed by atoms with Crippen molar-refractivity contribution in [3.05, 3.63) is 24.0 Å². The molecular formula is C12H15FN2O4. The van der Waals surface area contributed by atoms with Crippen LogP contribution in [0.15, 0.2) is 18.2 Å². The van der Waals surface area contributed by atoms with Gasteiger partial charge in [-0.3, -0.25) is 0 Å². The zero-order valence-electron chi connectivity index (χ0n) is 10.6. The molecule has 1 atom stereocenters. The summed E-state index contributed by atoms with van der Waals surface area (Å²) >= 11 is 0. The van der Waals surface area contributed by atoms with Crippen molar-refractivity contribution in [2.75, 3.05) is 12.4 Å². The molecule has 1 aromatic carbocycles. The molecule has 0 radical (unpaired) electrons. The van der Waals surface area contributed by atoms with Crippen LogP contribution < -0.4 is 15.4 Å². The molecular weight excluding hydrogens is 255 g/mol. The molecule has 0 saturated heterocycles. The van der Waals surface area contributed by atoms with Gasteiger partial charge in [-0.1, -0.05) is 6.92 Å². The van der Waals surface area contributed by atoms with Gasteiger partial charge >= 0.3 is 12.0 Å². The maximum atomic E-state index is 13.0. The fraction of sp³-hybridized carbons (Fsp3) is 0.333. The minimum Gasteiger partial charge on any atom is -0.494 e. The van der Waals surface area contributed by atoms with Gasteiger partial charge in [0.1, 0.15) is 17.6 Å². The van der Waals surface area contributed by atoms with Gasteiger partial charge in [0.05, 0.1) is 12.8 Å². The van der Waals surface area contributed by atoms with Gasteiger partial charge in [-0.05, 0) is 18.6 Å². The van der Waals surface area contributed by atoms with Gasteiger partial charge in [-0.15, -0.1) is 0 Å². The molecule has 7 heteroatoms. The Hall–Kier alpha value is -2.31. The number of carbonyl (C=O) groups is 2. The molecule has 0 bridgehead atoms. The number of aliphatic carboxylic acids is 1. The van der Waals surface area contributed by atoms with Crippen molar-refractivity contribution in [2.45, 2.75) is 19.4 Å². The minimum atomic E-state index is -1.12. The molecule has 0 saturated carbocycles. The third-order valence-corrected chi connectivity index (χ3v) is 2.42. The van der Waals surface area contributed by atoms with Crippen molar-refractivity contribution in [2.24, 2.45) is 0 Å². The average molecular weight is 270 g/mol. The molecule has 6 nitrogen and oxygen atoms in total. The third-order valence-electron chi connectivity index (χ3n) is 2.42. The van der Waals surface area contributed by atoms with E-state index >= 15 is 0 Å². The Morgan fingerprint density at radius 3 is 2.68 bits per heavy atom. The number of anilines is 1. The zero-order chi connectivity index (χ0) is 14.4. The molecule has 0 aromatic heterocycles. The first-order valence-electron chi connectivity index (χ1n) is 5.61. The second-order valence-corrected chi connectivity index (χ2v) is 3.74.